The van der Waals surface area contributed by atoms with Gasteiger partial charge in [0.15, 0.2) is 0 Å². The van der Waals surface area contributed by atoms with Crippen LogP contribution in [0, 0.1) is 17.8 Å². The van der Waals surface area contributed by atoms with Crippen molar-refractivity contribution in [3.8, 4) is 0 Å². The Morgan fingerprint density at radius 2 is 2.31 bits per heavy atom. The average molecular weight is 220 g/mol. The van der Waals surface area contributed by atoms with Gasteiger partial charge in [0.25, 0.3) is 0 Å². The first-order chi connectivity index (χ1) is 7.52. The van der Waals surface area contributed by atoms with Crippen molar-refractivity contribution in [1.29, 1.82) is 0 Å². The van der Waals surface area contributed by atoms with Crippen LogP contribution in [-0.4, -0.2) is 17.5 Å². The summed E-state index contributed by atoms with van der Waals surface area (Å²) in [6.07, 6.45) is 4.07. The summed E-state index contributed by atoms with van der Waals surface area (Å²) in [5.74, 6) is 2.10. The van der Waals surface area contributed by atoms with Crippen LogP contribution in [0.25, 0.3) is 0 Å². The van der Waals surface area contributed by atoms with Gasteiger partial charge in [-0.05, 0) is 38.5 Å². The lowest BCUT2D eigenvalue weighted by molar-refractivity contribution is -0.124. The summed E-state index contributed by atoms with van der Waals surface area (Å²) < 4.78 is 5.87. The van der Waals surface area contributed by atoms with Gasteiger partial charge in [0.2, 0.25) is 0 Å². The van der Waals surface area contributed by atoms with Crippen LogP contribution in [0.3, 0.4) is 0 Å². The third-order valence-electron chi connectivity index (χ3n) is 5.05. The highest BCUT2D eigenvalue weighted by atomic mass is 16.6. The third-order valence-corrected chi connectivity index (χ3v) is 5.05. The van der Waals surface area contributed by atoms with Crippen LogP contribution in [0.2, 0.25) is 0 Å². The van der Waals surface area contributed by atoms with E-state index in [1.54, 1.807) is 0 Å². The Morgan fingerprint density at radius 1 is 1.56 bits per heavy atom. The minimum Gasteiger partial charge on any atom is -0.366 e. The van der Waals surface area contributed by atoms with Gasteiger partial charge in [-0.15, -0.1) is 0 Å². The summed E-state index contributed by atoms with van der Waals surface area (Å²) in [6, 6.07) is 0. The molecule has 5 atom stereocenters. The Morgan fingerprint density at radius 3 is 3.00 bits per heavy atom. The largest absolute Gasteiger partial charge is 0.366 e. The topological polar surface area (TPSA) is 29.6 Å². The zero-order chi connectivity index (χ0) is 11.5. The number of carbonyl (C=O) groups excluding carboxylic acids is 1. The van der Waals surface area contributed by atoms with E-state index >= 15 is 0 Å². The van der Waals surface area contributed by atoms with Gasteiger partial charge in [0.1, 0.15) is 5.78 Å². The van der Waals surface area contributed by atoms with Crippen LogP contribution < -0.4 is 0 Å². The first-order valence-electron chi connectivity index (χ1n) is 6.37. The number of epoxide rings is 1. The fraction of sp³-hybridized carbons (Fsp3) is 0.786. The highest BCUT2D eigenvalue weighted by molar-refractivity contribution is 5.79. The van der Waals surface area contributed by atoms with E-state index in [0.717, 1.165) is 25.7 Å². The summed E-state index contributed by atoms with van der Waals surface area (Å²) in [6.45, 7) is 8.45. The van der Waals surface area contributed by atoms with E-state index in [1.807, 2.05) is 0 Å². The zero-order valence-electron chi connectivity index (χ0n) is 10.2. The standard InChI is InChI=1S/C14H20O2/c1-8(2)11-7-13-14(3,16-13)12-6-9(15)4-5-10(11)12/h10-13H,1,4-7H2,2-3H3/t10-,11-,12+,13+,14-/m0/s1. The van der Waals surface area contributed by atoms with Gasteiger partial charge in [-0.25, -0.2) is 0 Å². The molecular formula is C14H20O2. The smallest absolute Gasteiger partial charge is 0.133 e. The van der Waals surface area contributed by atoms with Gasteiger partial charge in [-0.2, -0.15) is 0 Å². The molecule has 2 nitrogen and oxygen atoms in total. The van der Waals surface area contributed by atoms with E-state index in [-0.39, 0.29) is 5.60 Å². The van der Waals surface area contributed by atoms with Gasteiger partial charge in [0, 0.05) is 18.8 Å². The van der Waals surface area contributed by atoms with Crippen molar-refractivity contribution in [3.63, 3.8) is 0 Å². The molecule has 3 rings (SSSR count). The first kappa shape index (κ1) is 10.5. The number of fused-ring (bicyclic) bond motifs is 3. The number of rotatable bonds is 1. The van der Waals surface area contributed by atoms with Crippen LogP contribution in [0.1, 0.15) is 39.5 Å². The number of hydrogen-bond acceptors (Lipinski definition) is 2. The maximum atomic E-state index is 11.6. The first-order valence-corrected chi connectivity index (χ1v) is 6.37. The van der Waals surface area contributed by atoms with E-state index in [2.05, 4.69) is 20.4 Å². The molecule has 0 bridgehead atoms. The summed E-state index contributed by atoms with van der Waals surface area (Å²) in [4.78, 5) is 11.6. The van der Waals surface area contributed by atoms with Gasteiger partial charge >= 0.3 is 0 Å². The molecule has 0 aromatic rings. The molecule has 88 valence electrons. The number of ketones is 1. The van der Waals surface area contributed by atoms with Crippen LogP contribution in [-0.2, 0) is 9.53 Å². The molecule has 2 aliphatic carbocycles. The molecule has 0 unspecified atom stereocenters. The van der Waals surface area contributed by atoms with Crippen LogP contribution in [0.5, 0.6) is 0 Å². The molecule has 16 heavy (non-hydrogen) atoms. The number of ether oxygens (including phenoxy) is 1. The van der Waals surface area contributed by atoms with E-state index in [1.165, 1.54) is 5.57 Å². The Hall–Kier alpha value is -0.630. The quantitative estimate of drug-likeness (QED) is 0.502. The normalized spacial score (nSPS) is 50.5. The van der Waals surface area contributed by atoms with Crippen molar-refractivity contribution in [2.24, 2.45) is 17.8 Å². The molecule has 2 saturated carbocycles. The van der Waals surface area contributed by atoms with Crippen molar-refractivity contribution in [3.05, 3.63) is 12.2 Å². The minimum atomic E-state index is 0.0205. The van der Waals surface area contributed by atoms with E-state index in [0.29, 0.717) is 29.6 Å². The molecule has 0 aromatic heterocycles. The van der Waals surface area contributed by atoms with E-state index < -0.39 is 0 Å². The second kappa shape index (κ2) is 3.19. The molecule has 0 radical (unpaired) electrons. The van der Waals surface area contributed by atoms with Gasteiger partial charge in [0.05, 0.1) is 11.7 Å². The van der Waals surface area contributed by atoms with E-state index in [4.69, 9.17) is 4.74 Å². The molecule has 1 saturated heterocycles. The predicted octanol–water partition coefficient (Wildman–Crippen LogP) is 2.73. The van der Waals surface area contributed by atoms with Crippen molar-refractivity contribution in [2.45, 2.75) is 51.2 Å². The molecule has 3 fully saturated rings. The maximum absolute atomic E-state index is 11.6. The zero-order valence-corrected chi connectivity index (χ0v) is 10.2. The van der Waals surface area contributed by atoms with Gasteiger partial charge in [-0.1, -0.05) is 12.2 Å². The maximum Gasteiger partial charge on any atom is 0.133 e. The van der Waals surface area contributed by atoms with Crippen molar-refractivity contribution < 1.29 is 9.53 Å². The lowest BCUT2D eigenvalue weighted by atomic mass is 9.60. The Bertz CT molecular complexity index is 360. The molecule has 3 aliphatic rings. The van der Waals surface area contributed by atoms with Gasteiger partial charge in [-0.3, -0.25) is 4.79 Å². The molecule has 1 aliphatic heterocycles. The highest BCUT2D eigenvalue weighted by Crippen LogP contribution is 2.59. The second-order valence-corrected chi connectivity index (χ2v) is 6.03. The van der Waals surface area contributed by atoms with Crippen LogP contribution in [0.4, 0.5) is 0 Å². The number of allylic oxidation sites excluding steroid dienone is 1. The molecule has 1 heterocycles. The minimum absolute atomic E-state index is 0.0205. The molecular weight excluding hydrogens is 200 g/mol. The van der Waals surface area contributed by atoms with Gasteiger partial charge < -0.3 is 4.74 Å². The SMILES string of the molecule is C=C(C)[C@@H]1C[C@H]2O[C@@]2(C)[C@@H]2CC(=O)CC[C@H]21. The summed E-state index contributed by atoms with van der Waals surface area (Å²) in [5.41, 5.74) is 1.30. The summed E-state index contributed by atoms with van der Waals surface area (Å²) in [5, 5.41) is 0. The number of hydrogen-bond donors (Lipinski definition) is 0. The molecule has 0 N–H and O–H groups in total. The lowest BCUT2D eigenvalue weighted by Gasteiger charge is -2.42. The van der Waals surface area contributed by atoms with Crippen molar-refractivity contribution in [2.75, 3.05) is 0 Å². The van der Waals surface area contributed by atoms with Crippen LogP contribution >= 0.6 is 0 Å². The third kappa shape index (κ3) is 1.32. The second-order valence-electron chi connectivity index (χ2n) is 6.03. The number of carbonyl (C=O) groups is 1. The van der Waals surface area contributed by atoms with Crippen molar-refractivity contribution >= 4 is 5.78 Å². The fourth-order valence-electron chi connectivity index (χ4n) is 3.99. The van der Waals surface area contributed by atoms with Crippen LogP contribution in [0.15, 0.2) is 12.2 Å². The Balaban J connectivity index is 1.90. The van der Waals surface area contributed by atoms with E-state index in [9.17, 15) is 4.79 Å². The monoisotopic (exact) mass is 220 g/mol. The molecule has 0 amide bonds. The van der Waals surface area contributed by atoms with Crippen molar-refractivity contribution in [1.82, 2.24) is 0 Å². The molecule has 0 spiro atoms. The Labute approximate surface area is 97.1 Å². The molecule has 0 aromatic carbocycles. The average Bonchev–Trinajstić information content (AvgIpc) is 2.89. The predicted molar refractivity (Wildman–Crippen MR) is 62.0 cm³/mol. The highest BCUT2D eigenvalue weighted by Gasteiger charge is 2.64. The number of Topliss-reactive ketones (excluding diaryl/α,β-unsaturated/α-hetero) is 1. The fourth-order valence-corrected chi connectivity index (χ4v) is 3.99. The molecule has 2 heteroatoms. The summed E-state index contributed by atoms with van der Waals surface area (Å²) in [7, 11) is 0. The summed E-state index contributed by atoms with van der Waals surface area (Å²) >= 11 is 0. The Kier molecular flexibility index (Phi) is 2.10. The lowest BCUT2D eigenvalue weighted by Crippen LogP contribution is -2.44.